The van der Waals surface area contributed by atoms with Crippen LogP contribution in [0.15, 0.2) is 29.2 Å². The lowest BCUT2D eigenvalue weighted by molar-refractivity contribution is -0.129. The maximum Gasteiger partial charge on any atom is 0.390 e. The molecule has 3 unspecified atom stereocenters. The highest BCUT2D eigenvalue weighted by Crippen LogP contribution is 2.31. The lowest BCUT2D eigenvalue weighted by Crippen LogP contribution is -2.44. The quantitative estimate of drug-likeness (QED) is 0.253. The van der Waals surface area contributed by atoms with Crippen molar-refractivity contribution in [2.75, 3.05) is 29.0 Å². The third-order valence-electron chi connectivity index (χ3n) is 7.18. The molecule has 0 bridgehead atoms. The summed E-state index contributed by atoms with van der Waals surface area (Å²) in [5, 5.41) is 3.15. The average molecular weight is 652 g/mol. The number of nitrogens with one attached hydrogen (secondary N) is 1. The molecule has 43 heavy (non-hydrogen) atoms. The second kappa shape index (κ2) is 12.5. The minimum Gasteiger partial charge on any atom is -0.351 e. The number of halogens is 6. The lowest BCUT2D eigenvalue weighted by atomic mass is 9.89. The van der Waals surface area contributed by atoms with Crippen molar-refractivity contribution in [3.05, 3.63) is 40.6 Å². The predicted octanol–water partition coefficient (Wildman–Crippen LogP) is 5.05. The number of hydrogen-bond acceptors (Lipinski definition) is 8. The van der Waals surface area contributed by atoms with E-state index in [1.165, 1.54) is 16.8 Å². The summed E-state index contributed by atoms with van der Waals surface area (Å²) >= 11 is 5.73. The second-order valence-electron chi connectivity index (χ2n) is 10.9. The van der Waals surface area contributed by atoms with Crippen molar-refractivity contribution in [3.63, 3.8) is 0 Å². The zero-order valence-corrected chi connectivity index (χ0v) is 25.3. The zero-order valence-electron chi connectivity index (χ0n) is 23.7. The van der Waals surface area contributed by atoms with Crippen molar-refractivity contribution in [2.24, 2.45) is 0 Å². The first-order chi connectivity index (χ1) is 20.0. The number of fused-ring (bicyclic) bond motifs is 1. The second-order valence-corrected chi connectivity index (χ2v) is 13.4. The van der Waals surface area contributed by atoms with E-state index in [1.54, 1.807) is 13.8 Å². The van der Waals surface area contributed by atoms with Gasteiger partial charge in [-0.3, -0.25) is 9.36 Å². The summed E-state index contributed by atoms with van der Waals surface area (Å²) in [6.45, 7) is 3.47. The van der Waals surface area contributed by atoms with Crippen molar-refractivity contribution >= 4 is 44.6 Å². The Morgan fingerprint density at radius 3 is 2.47 bits per heavy atom. The number of aromatic nitrogens is 4. The highest BCUT2D eigenvalue weighted by Gasteiger charge is 2.34. The summed E-state index contributed by atoms with van der Waals surface area (Å²) in [7, 11) is -1.03. The number of alkyl halides is 4. The molecule has 0 amide bonds. The molecule has 0 saturated heterocycles. The van der Waals surface area contributed by atoms with Gasteiger partial charge in [-0.25, -0.2) is 27.2 Å². The summed E-state index contributed by atoms with van der Waals surface area (Å²) in [6, 6.07) is 2.12. The van der Waals surface area contributed by atoms with Crippen LogP contribution < -0.4 is 14.7 Å². The minimum atomic E-state index is -4.76. The van der Waals surface area contributed by atoms with Crippen LogP contribution in [0.1, 0.15) is 45.6 Å². The van der Waals surface area contributed by atoms with Gasteiger partial charge >= 0.3 is 6.18 Å². The maximum atomic E-state index is 15.1. The van der Waals surface area contributed by atoms with Gasteiger partial charge in [-0.2, -0.15) is 22.0 Å². The molecular weight excluding hydrogens is 621 g/mol. The molecule has 0 radical (unpaired) electrons. The van der Waals surface area contributed by atoms with E-state index in [1.807, 2.05) is 19.0 Å². The summed E-state index contributed by atoms with van der Waals surface area (Å²) in [6.07, 6.45) is -4.46. The third-order valence-corrected chi connectivity index (χ3v) is 9.40. The summed E-state index contributed by atoms with van der Waals surface area (Å²) in [5.74, 6) is -2.39. The smallest absolute Gasteiger partial charge is 0.351 e. The van der Waals surface area contributed by atoms with E-state index in [0.29, 0.717) is 12.8 Å². The molecule has 1 fully saturated rings. The van der Waals surface area contributed by atoms with Gasteiger partial charge in [0, 0.05) is 41.9 Å². The SMILES string of the molecule is CC(C)n1c(=O)c(-c2ccc(N(Cl)S(=O)(=O)CCC(F)(F)F)c(F)c2)nc2cnc(NC3CCC(N(C)C)C(F)C3)nc21. The number of hydrogen-bond donors (Lipinski definition) is 1. The number of rotatable bonds is 9. The first-order valence-corrected chi connectivity index (χ1v) is 15.3. The molecule has 17 heteroatoms. The Morgan fingerprint density at radius 1 is 1.19 bits per heavy atom. The van der Waals surface area contributed by atoms with Crippen LogP contribution in [0.2, 0.25) is 0 Å². The van der Waals surface area contributed by atoms with Gasteiger partial charge in [0.1, 0.15) is 28.9 Å². The van der Waals surface area contributed by atoms with Crippen LogP contribution in [0.4, 0.5) is 33.6 Å². The lowest BCUT2D eigenvalue weighted by Gasteiger charge is -2.35. The van der Waals surface area contributed by atoms with Crippen LogP contribution >= 0.6 is 11.8 Å². The van der Waals surface area contributed by atoms with E-state index < -0.39 is 57.7 Å². The van der Waals surface area contributed by atoms with Gasteiger partial charge in [-0.1, -0.05) is 6.07 Å². The molecule has 1 aromatic carbocycles. The van der Waals surface area contributed by atoms with Crippen LogP contribution in [0.5, 0.6) is 0 Å². The Labute approximate surface area is 250 Å². The molecule has 2 heterocycles. The third kappa shape index (κ3) is 7.34. The normalized spacial score (nSPS) is 19.8. The highest BCUT2D eigenvalue weighted by atomic mass is 35.5. The molecule has 236 valence electrons. The van der Waals surface area contributed by atoms with Crippen molar-refractivity contribution in [3.8, 4) is 11.3 Å². The molecule has 1 N–H and O–H groups in total. The largest absolute Gasteiger partial charge is 0.390 e. The molecule has 0 spiro atoms. The van der Waals surface area contributed by atoms with E-state index >= 15 is 4.39 Å². The van der Waals surface area contributed by atoms with E-state index in [4.69, 9.17) is 11.8 Å². The molecule has 4 rings (SSSR count). The number of nitrogens with zero attached hydrogens (tertiary/aromatic N) is 6. The Hall–Kier alpha value is -3.11. The average Bonchev–Trinajstić information content (AvgIpc) is 2.90. The van der Waals surface area contributed by atoms with E-state index in [-0.39, 0.29) is 50.7 Å². The number of sulfonamides is 1. The van der Waals surface area contributed by atoms with Gasteiger partial charge in [0.2, 0.25) is 16.0 Å². The predicted molar refractivity (Wildman–Crippen MR) is 154 cm³/mol. The van der Waals surface area contributed by atoms with Crippen LogP contribution in [0, 0.1) is 5.82 Å². The van der Waals surface area contributed by atoms with Gasteiger partial charge in [-0.05, 0) is 52.9 Å². The van der Waals surface area contributed by atoms with Gasteiger partial charge < -0.3 is 10.2 Å². The summed E-state index contributed by atoms with van der Waals surface area (Å²) in [5.41, 5.74) is -1.18. The Morgan fingerprint density at radius 2 is 1.88 bits per heavy atom. The Bertz CT molecular complexity index is 1650. The summed E-state index contributed by atoms with van der Waals surface area (Å²) < 4.78 is 93.0. The fourth-order valence-electron chi connectivity index (χ4n) is 5.00. The molecular formula is C26H31ClF5N7O3S. The van der Waals surface area contributed by atoms with Crippen LogP contribution in [0.25, 0.3) is 22.4 Å². The maximum absolute atomic E-state index is 15.1. The molecule has 3 aromatic rings. The molecule has 10 nitrogen and oxygen atoms in total. The zero-order chi connectivity index (χ0) is 31.9. The van der Waals surface area contributed by atoms with Gasteiger partial charge in [-0.15, -0.1) is 0 Å². The van der Waals surface area contributed by atoms with Gasteiger partial charge in [0.15, 0.2) is 5.65 Å². The van der Waals surface area contributed by atoms with E-state index in [0.717, 1.165) is 12.1 Å². The molecule has 3 atom stereocenters. The highest BCUT2D eigenvalue weighted by molar-refractivity contribution is 7.94. The summed E-state index contributed by atoms with van der Waals surface area (Å²) in [4.78, 5) is 28.5. The molecule has 1 aliphatic rings. The first-order valence-electron chi connectivity index (χ1n) is 13.4. The number of benzene rings is 1. The fraction of sp³-hybridized carbons (Fsp3) is 0.538. The van der Waals surface area contributed by atoms with Crippen molar-refractivity contribution < 1.29 is 30.4 Å². The Balaban J connectivity index is 1.65. The monoisotopic (exact) mass is 651 g/mol. The molecule has 2 aromatic heterocycles. The Kier molecular flexibility index (Phi) is 9.52. The van der Waals surface area contributed by atoms with Crippen molar-refractivity contribution in [2.45, 2.75) is 70.0 Å². The van der Waals surface area contributed by atoms with Gasteiger partial charge in [0.25, 0.3) is 5.56 Å². The van der Waals surface area contributed by atoms with Crippen molar-refractivity contribution in [1.82, 2.24) is 24.4 Å². The minimum absolute atomic E-state index is 0.0332. The molecule has 1 saturated carbocycles. The van der Waals surface area contributed by atoms with E-state index in [2.05, 4.69) is 20.3 Å². The number of anilines is 2. The van der Waals surface area contributed by atoms with Crippen LogP contribution in [0.3, 0.4) is 0 Å². The first kappa shape index (κ1) is 32.8. The van der Waals surface area contributed by atoms with Crippen molar-refractivity contribution in [1.29, 1.82) is 0 Å². The molecule has 0 aliphatic heterocycles. The molecule has 1 aliphatic carbocycles. The topological polar surface area (TPSA) is 113 Å². The van der Waals surface area contributed by atoms with Crippen LogP contribution in [-0.4, -0.2) is 77.1 Å². The van der Waals surface area contributed by atoms with Crippen LogP contribution in [-0.2, 0) is 10.0 Å². The van der Waals surface area contributed by atoms with E-state index in [9.17, 15) is 30.8 Å². The standard InChI is InChI=1S/C26H31ClF5N7O3S/c1-14(2)38-23-19(13-33-25(36-23)34-16-6-8-20(37(3)4)18(29)12-16)35-22(24(38)40)15-5-7-21(17(28)11-15)39(27)43(41,42)10-9-26(30,31)32/h5,7,11,13-14,16,18,20H,6,8-10,12H2,1-4H3,(H,33,34,36). The van der Waals surface area contributed by atoms with Gasteiger partial charge in [0.05, 0.1) is 18.4 Å². The fourth-order valence-corrected chi connectivity index (χ4v) is 6.45.